The van der Waals surface area contributed by atoms with E-state index in [4.69, 9.17) is 5.73 Å². The molecule has 23 heavy (non-hydrogen) atoms. The molecule has 0 spiro atoms. The van der Waals surface area contributed by atoms with Crippen molar-refractivity contribution in [2.75, 3.05) is 11.1 Å². The van der Waals surface area contributed by atoms with Gasteiger partial charge in [-0.15, -0.1) is 0 Å². The molecule has 0 bridgehead atoms. The van der Waals surface area contributed by atoms with E-state index in [2.05, 4.69) is 5.32 Å². The number of carbonyl (C=O) groups is 1. The maximum atomic E-state index is 13.1. The second-order valence-corrected chi connectivity index (χ2v) is 5.16. The Morgan fingerprint density at radius 2 is 1.87 bits per heavy atom. The van der Waals surface area contributed by atoms with Gasteiger partial charge in [0.2, 0.25) is 0 Å². The fourth-order valence-electron chi connectivity index (χ4n) is 2.31. The standard InChI is InChI=1S/C17H17F3N2O/c1-2-5-11-8-9-12(10-14(11)17(18,19)20)22-16(23)13-6-3-4-7-15(13)21/h3-4,6-10H,2,5,21H2,1H3,(H,22,23). The minimum Gasteiger partial charge on any atom is -0.398 e. The van der Waals surface area contributed by atoms with Crippen LogP contribution >= 0.6 is 0 Å². The van der Waals surface area contributed by atoms with Crippen molar-refractivity contribution >= 4 is 17.3 Å². The molecule has 0 saturated heterocycles. The summed E-state index contributed by atoms with van der Waals surface area (Å²) >= 11 is 0. The number of benzene rings is 2. The third-order valence-electron chi connectivity index (χ3n) is 3.40. The topological polar surface area (TPSA) is 55.1 Å². The molecule has 2 aromatic rings. The summed E-state index contributed by atoms with van der Waals surface area (Å²) in [6, 6.07) is 10.2. The highest BCUT2D eigenvalue weighted by molar-refractivity contribution is 6.07. The maximum absolute atomic E-state index is 13.1. The van der Waals surface area contributed by atoms with Crippen LogP contribution in [-0.4, -0.2) is 5.91 Å². The van der Waals surface area contributed by atoms with Gasteiger partial charge in [-0.05, 0) is 36.2 Å². The Morgan fingerprint density at radius 3 is 2.48 bits per heavy atom. The Labute approximate surface area is 132 Å². The van der Waals surface area contributed by atoms with E-state index >= 15 is 0 Å². The van der Waals surface area contributed by atoms with E-state index in [9.17, 15) is 18.0 Å². The first-order valence-electron chi connectivity index (χ1n) is 7.19. The number of hydrogen-bond donors (Lipinski definition) is 2. The number of anilines is 2. The zero-order valence-electron chi connectivity index (χ0n) is 12.6. The van der Waals surface area contributed by atoms with Crippen LogP contribution in [0.1, 0.15) is 34.8 Å². The molecule has 122 valence electrons. The predicted octanol–water partition coefficient (Wildman–Crippen LogP) is 4.49. The van der Waals surface area contributed by atoms with Crippen molar-refractivity contribution in [1.29, 1.82) is 0 Å². The fraction of sp³-hybridized carbons (Fsp3) is 0.235. The number of alkyl halides is 3. The lowest BCUT2D eigenvalue weighted by Gasteiger charge is -2.15. The number of nitrogen functional groups attached to an aromatic ring is 1. The highest BCUT2D eigenvalue weighted by atomic mass is 19.4. The molecule has 0 aliphatic rings. The Kier molecular flexibility index (Phi) is 4.93. The van der Waals surface area contributed by atoms with E-state index < -0.39 is 17.6 Å². The van der Waals surface area contributed by atoms with E-state index in [1.807, 2.05) is 6.92 Å². The molecule has 6 heteroatoms. The van der Waals surface area contributed by atoms with Crippen LogP contribution < -0.4 is 11.1 Å². The minimum atomic E-state index is -4.46. The lowest BCUT2D eigenvalue weighted by atomic mass is 10.0. The summed E-state index contributed by atoms with van der Waals surface area (Å²) in [7, 11) is 0. The quantitative estimate of drug-likeness (QED) is 0.815. The van der Waals surface area contributed by atoms with Crippen molar-refractivity contribution < 1.29 is 18.0 Å². The molecule has 3 nitrogen and oxygen atoms in total. The highest BCUT2D eigenvalue weighted by Gasteiger charge is 2.33. The molecular formula is C17H17F3N2O. The number of nitrogens with one attached hydrogen (secondary N) is 1. The Morgan fingerprint density at radius 1 is 1.17 bits per heavy atom. The van der Waals surface area contributed by atoms with Crippen LogP contribution in [0, 0.1) is 0 Å². The Hall–Kier alpha value is -2.50. The van der Waals surface area contributed by atoms with Crippen LogP contribution in [0.25, 0.3) is 0 Å². The molecule has 1 amide bonds. The molecule has 0 aromatic heterocycles. The van der Waals surface area contributed by atoms with Crippen LogP contribution in [0.5, 0.6) is 0 Å². The molecule has 0 saturated carbocycles. The number of rotatable bonds is 4. The van der Waals surface area contributed by atoms with Gasteiger partial charge >= 0.3 is 6.18 Å². The number of aryl methyl sites for hydroxylation is 1. The number of carbonyl (C=O) groups excluding carboxylic acids is 1. The zero-order chi connectivity index (χ0) is 17.0. The zero-order valence-corrected chi connectivity index (χ0v) is 12.6. The van der Waals surface area contributed by atoms with Crippen molar-refractivity contribution in [1.82, 2.24) is 0 Å². The van der Waals surface area contributed by atoms with Crippen LogP contribution in [-0.2, 0) is 12.6 Å². The molecular weight excluding hydrogens is 305 g/mol. The smallest absolute Gasteiger partial charge is 0.398 e. The summed E-state index contributed by atoms with van der Waals surface area (Å²) in [6.07, 6.45) is -3.53. The molecule has 0 aliphatic heterocycles. The molecule has 0 heterocycles. The van der Waals surface area contributed by atoms with Crippen LogP contribution in [0.3, 0.4) is 0 Å². The first-order chi connectivity index (χ1) is 10.8. The Bertz CT molecular complexity index is 711. The molecule has 0 aliphatic carbocycles. The van der Waals surface area contributed by atoms with E-state index in [-0.39, 0.29) is 22.5 Å². The fourth-order valence-corrected chi connectivity index (χ4v) is 2.31. The van der Waals surface area contributed by atoms with Crippen LogP contribution in [0.15, 0.2) is 42.5 Å². The lowest BCUT2D eigenvalue weighted by molar-refractivity contribution is -0.138. The lowest BCUT2D eigenvalue weighted by Crippen LogP contribution is -2.15. The number of amides is 1. The van der Waals surface area contributed by atoms with Gasteiger partial charge in [-0.3, -0.25) is 4.79 Å². The second-order valence-electron chi connectivity index (χ2n) is 5.16. The largest absolute Gasteiger partial charge is 0.416 e. The third kappa shape index (κ3) is 4.03. The molecule has 2 aromatic carbocycles. The van der Waals surface area contributed by atoms with E-state index in [0.717, 1.165) is 6.07 Å². The summed E-state index contributed by atoms with van der Waals surface area (Å²) in [5.41, 5.74) is 5.77. The van der Waals surface area contributed by atoms with Crippen molar-refractivity contribution in [3.05, 3.63) is 59.2 Å². The molecule has 0 atom stereocenters. The van der Waals surface area contributed by atoms with Crippen molar-refractivity contribution in [3.8, 4) is 0 Å². The van der Waals surface area contributed by atoms with Gasteiger partial charge in [0.05, 0.1) is 11.1 Å². The van der Waals surface area contributed by atoms with Gasteiger partial charge in [0.1, 0.15) is 0 Å². The average Bonchev–Trinajstić information content (AvgIpc) is 2.48. The van der Waals surface area contributed by atoms with E-state index in [1.54, 1.807) is 18.2 Å². The number of halogens is 3. The molecule has 0 radical (unpaired) electrons. The van der Waals surface area contributed by atoms with Gasteiger partial charge in [-0.2, -0.15) is 13.2 Å². The summed E-state index contributed by atoms with van der Waals surface area (Å²) < 4.78 is 39.4. The number of para-hydroxylation sites is 1. The van der Waals surface area contributed by atoms with Gasteiger partial charge in [0.25, 0.3) is 5.91 Å². The van der Waals surface area contributed by atoms with Crippen LogP contribution in [0.2, 0.25) is 0 Å². The van der Waals surface area contributed by atoms with Crippen molar-refractivity contribution in [3.63, 3.8) is 0 Å². The molecule has 0 fully saturated rings. The van der Waals surface area contributed by atoms with Crippen molar-refractivity contribution in [2.45, 2.75) is 25.9 Å². The number of nitrogens with two attached hydrogens (primary N) is 1. The average molecular weight is 322 g/mol. The third-order valence-corrected chi connectivity index (χ3v) is 3.40. The second kappa shape index (κ2) is 6.73. The summed E-state index contributed by atoms with van der Waals surface area (Å²) in [5.74, 6) is -0.542. The molecule has 2 rings (SSSR count). The molecule has 0 unspecified atom stereocenters. The first kappa shape index (κ1) is 16.9. The SMILES string of the molecule is CCCc1ccc(NC(=O)c2ccccc2N)cc1C(F)(F)F. The van der Waals surface area contributed by atoms with Crippen LogP contribution in [0.4, 0.5) is 24.5 Å². The summed E-state index contributed by atoms with van der Waals surface area (Å²) in [5, 5.41) is 2.46. The monoisotopic (exact) mass is 322 g/mol. The van der Waals surface area contributed by atoms with Gasteiger partial charge in [-0.1, -0.05) is 31.5 Å². The van der Waals surface area contributed by atoms with Gasteiger partial charge in [-0.25, -0.2) is 0 Å². The predicted molar refractivity (Wildman–Crippen MR) is 84.2 cm³/mol. The highest BCUT2D eigenvalue weighted by Crippen LogP contribution is 2.34. The number of hydrogen-bond acceptors (Lipinski definition) is 2. The van der Waals surface area contributed by atoms with E-state index in [1.165, 1.54) is 18.2 Å². The molecule has 3 N–H and O–H groups in total. The van der Waals surface area contributed by atoms with Gasteiger partial charge in [0.15, 0.2) is 0 Å². The normalized spacial score (nSPS) is 11.3. The summed E-state index contributed by atoms with van der Waals surface area (Å²) in [6.45, 7) is 1.81. The van der Waals surface area contributed by atoms with Crippen molar-refractivity contribution in [2.24, 2.45) is 0 Å². The van der Waals surface area contributed by atoms with E-state index in [0.29, 0.717) is 12.8 Å². The Balaban J connectivity index is 2.31. The summed E-state index contributed by atoms with van der Waals surface area (Å²) in [4.78, 5) is 12.1. The minimum absolute atomic E-state index is 0.0884. The maximum Gasteiger partial charge on any atom is 0.416 e. The van der Waals surface area contributed by atoms with Gasteiger partial charge < -0.3 is 11.1 Å². The first-order valence-corrected chi connectivity index (χ1v) is 7.19. The van der Waals surface area contributed by atoms with Gasteiger partial charge in [0, 0.05) is 11.4 Å².